The first-order valence-electron chi connectivity index (χ1n) is 5.28. The van der Waals surface area contributed by atoms with Crippen molar-refractivity contribution in [3.63, 3.8) is 0 Å². The summed E-state index contributed by atoms with van der Waals surface area (Å²) in [6, 6.07) is 8.56. The first-order valence-corrected chi connectivity index (χ1v) is 6.07. The van der Waals surface area contributed by atoms with Gasteiger partial charge in [0.25, 0.3) is 0 Å². The Morgan fingerprint density at radius 3 is 1.93 bits per heavy atom. The summed E-state index contributed by atoms with van der Waals surface area (Å²) in [5, 5.41) is 0. The highest BCUT2D eigenvalue weighted by molar-refractivity contribution is 9.10. The highest BCUT2D eigenvalue weighted by atomic mass is 79.9. The van der Waals surface area contributed by atoms with Crippen molar-refractivity contribution in [3.8, 4) is 0 Å². The molecule has 2 heteroatoms. The van der Waals surface area contributed by atoms with Crippen LogP contribution in [0.1, 0.15) is 26.7 Å². The van der Waals surface area contributed by atoms with E-state index in [9.17, 15) is 0 Å². The van der Waals surface area contributed by atoms with Crippen molar-refractivity contribution >= 4 is 21.6 Å². The Bertz CT molecular complexity index is 250. The van der Waals surface area contributed by atoms with E-state index in [1.807, 2.05) is 0 Å². The molecule has 0 radical (unpaired) electrons. The zero-order valence-corrected chi connectivity index (χ0v) is 10.5. The largest absolute Gasteiger partial charge is 0.372 e. The summed E-state index contributed by atoms with van der Waals surface area (Å²) in [4.78, 5) is 2.44. The Morgan fingerprint density at radius 1 is 1.00 bits per heavy atom. The zero-order chi connectivity index (χ0) is 10.4. The number of benzene rings is 1. The van der Waals surface area contributed by atoms with Crippen LogP contribution in [0.3, 0.4) is 0 Å². The summed E-state index contributed by atoms with van der Waals surface area (Å²) in [7, 11) is 0. The van der Waals surface area contributed by atoms with Crippen molar-refractivity contribution in [3.05, 3.63) is 28.7 Å². The molecule has 0 amide bonds. The molecule has 78 valence electrons. The van der Waals surface area contributed by atoms with Crippen molar-refractivity contribution in [1.82, 2.24) is 0 Å². The molecule has 0 aliphatic rings. The van der Waals surface area contributed by atoms with Gasteiger partial charge in [-0.25, -0.2) is 0 Å². The van der Waals surface area contributed by atoms with Crippen LogP contribution in [0.5, 0.6) is 0 Å². The van der Waals surface area contributed by atoms with Gasteiger partial charge in [-0.1, -0.05) is 29.8 Å². The Hall–Kier alpha value is -0.500. The number of hydrogen-bond acceptors (Lipinski definition) is 1. The monoisotopic (exact) mass is 255 g/mol. The second-order valence-electron chi connectivity index (χ2n) is 3.46. The van der Waals surface area contributed by atoms with Gasteiger partial charge in [0.15, 0.2) is 0 Å². The van der Waals surface area contributed by atoms with Gasteiger partial charge in [-0.3, -0.25) is 0 Å². The minimum absolute atomic E-state index is 1.15. The number of halogens is 1. The summed E-state index contributed by atoms with van der Waals surface area (Å²) in [6.45, 7) is 6.74. The lowest BCUT2D eigenvalue weighted by atomic mass is 10.2. The maximum atomic E-state index is 3.45. The average Bonchev–Trinajstić information content (AvgIpc) is 2.19. The molecule has 1 aromatic carbocycles. The highest BCUT2D eigenvalue weighted by Gasteiger charge is 2.02. The second-order valence-corrected chi connectivity index (χ2v) is 4.38. The molecule has 0 heterocycles. The number of hydrogen-bond donors (Lipinski definition) is 0. The van der Waals surface area contributed by atoms with E-state index in [1.54, 1.807) is 0 Å². The molecular formula is C12H18BrN. The Kier molecular flexibility index (Phi) is 5.02. The molecule has 0 aliphatic heterocycles. The molecule has 1 rings (SSSR count). The van der Waals surface area contributed by atoms with Crippen molar-refractivity contribution in [2.24, 2.45) is 0 Å². The van der Waals surface area contributed by atoms with Gasteiger partial charge in [0.1, 0.15) is 0 Å². The predicted octanol–water partition coefficient (Wildman–Crippen LogP) is 4.08. The SMILES string of the molecule is CCCN(CCC)c1ccc(Br)cc1. The molecule has 0 N–H and O–H groups in total. The van der Waals surface area contributed by atoms with Crippen LogP contribution in [0.25, 0.3) is 0 Å². The van der Waals surface area contributed by atoms with Gasteiger partial charge in [-0.15, -0.1) is 0 Å². The highest BCUT2D eigenvalue weighted by Crippen LogP contribution is 2.18. The molecule has 14 heavy (non-hydrogen) atoms. The van der Waals surface area contributed by atoms with Crippen LogP contribution in [-0.2, 0) is 0 Å². The van der Waals surface area contributed by atoms with E-state index in [1.165, 1.54) is 18.5 Å². The standard InChI is InChI=1S/C12H18BrN/c1-3-9-14(10-4-2)12-7-5-11(13)6-8-12/h5-8H,3-4,9-10H2,1-2H3. The first kappa shape index (κ1) is 11.6. The van der Waals surface area contributed by atoms with E-state index in [2.05, 4.69) is 58.9 Å². The van der Waals surface area contributed by atoms with E-state index >= 15 is 0 Å². The van der Waals surface area contributed by atoms with Gasteiger partial charge in [-0.2, -0.15) is 0 Å². The van der Waals surface area contributed by atoms with Gasteiger partial charge in [0.2, 0.25) is 0 Å². The Morgan fingerprint density at radius 2 is 1.50 bits per heavy atom. The second kappa shape index (κ2) is 6.07. The van der Waals surface area contributed by atoms with Crippen LogP contribution in [-0.4, -0.2) is 13.1 Å². The Labute approximate surface area is 95.2 Å². The van der Waals surface area contributed by atoms with Crippen LogP contribution < -0.4 is 4.90 Å². The maximum absolute atomic E-state index is 3.45. The normalized spacial score (nSPS) is 10.2. The molecule has 0 bridgehead atoms. The predicted molar refractivity (Wildman–Crippen MR) is 66.9 cm³/mol. The summed E-state index contributed by atoms with van der Waals surface area (Å²) in [6.07, 6.45) is 2.41. The third kappa shape index (κ3) is 3.33. The maximum Gasteiger partial charge on any atom is 0.0366 e. The smallest absolute Gasteiger partial charge is 0.0366 e. The molecule has 1 nitrogen and oxygen atoms in total. The van der Waals surface area contributed by atoms with Gasteiger partial charge < -0.3 is 4.90 Å². The molecule has 0 saturated heterocycles. The van der Waals surface area contributed by atoms with Gasteiger partial charge >= 0.3 is 0 Å². The molecule has 0 unspecified atom stereocenters. The quantitative estimate of drug-likeness (QED) is 0.767. The van der Waals surface area contributed by atoms with Crippen LogP contribution in [0.15, 0.2) is 28.7 Å². The summed E-state index contributed by atoms with van der Waals surface area (Å²) >= 11 is 3.45. The van der Waals surface area contributed by atoms with Gasteiger partial charge in [0, 0.05) is 23.2 Å². The number of rotatable bonds is 5. The lowest BCUT2D eigenvalue weighted by Gasteiger charge is -2.23. The Balaban J connectivity index is 2.71. The lowest BCUT2D eigenvalue weighted by molar-refractivity contribution is 0.745. The van der Waals surface area contributed by atoms with Crippen LogP contribution in [0, 0.1) is 0 Å². The molecule has 1 aromatic rings. The molecule has 0 aromatic heterocycles. The molecular weight excluding hydrogens is 238 g/mol. The summed E-state index contributed by atoms with van der Waals surface area (Å²) < 4.78 is 1.15. The van der Waals surface area contributed by atoms with Crippen LogP contribution in [0.2, 0.25) is 0 Å². The fourth-order valence-corrected chi connectivity index (χ4v) is 1.83. The van der Waals surface area contributed by atoms with E-state index in [0.29, 0.717) is 0 Å². The summed E-state index contributed by atoms with van der Waals surface area (Å²) in [5.74, 6) is 0. The van der Waals surface area contributed by atoms with E-state index in [-0.39, 0.29) is 0 Å². The van der Waals surface area contributed by atoms with Crippen molar-refractivity contribution in [2.45, 2.75) is 26.7 Å². The zero-order valence-electron chi connectivity index (χ0n) is 8.96. The molecule has 0 saturated carbocycles. The fourth-order valence-electron chi connectivity index (χ4n) is 1.56. The molecule has 0 fully saturated rings. The number of nitrogens with zero attached hydrogens (tertiary/aromatic N) is 1. The van der Waals surface area contributed by atoms with Crippen molar-refractivity contribution in [2.75, 3.05) is 18.0 Å². The third-order valence-electron chi connectivity index (χ3n) is 2.18. The first-order chi connectivity index (χ1) is 6.77. The molecule has 0 spiro atoms. The van der Waals surface area contributed by atoms with E-state index in [4.69, 9.17) is 0 Å². The van der Waals surface area contributed by atoms with Gasteiger partial charge in [0.05, 0.1) is 0 Å². The van der Waals surface area contributed by atoms with Gasteiger partial charge in [-0.05, 0) is 37.1 Å². The minimum atomic E-state index is 1.15. The van der Waals surface area contributed by atoms with E-state index in [0.717, 1.165) is 17.6 Å². The average molecular weight is 256 g/mol. The topological polar surface area (TPSA) is 3.24 Å². The minimum Gasteiger partial charge on any atom is -0.372 e. The van der Waals surface area contributed by atoms with Crippen LogP contribution in [0.4, 0.5) is 5.69 Å². The van der Waals surface area contributed by atoms with Crippen LogP contribution >= 0.6 is 15.9 Å². The van der Waals surface area contributed by atoms with Crippen molar-refractivity contribution in [1.29, 1.82) is 0 Å². The third-order valence-corrected chi connectivity index (χ3v) is 2.71. The van der Waals surface area contributed by atoms with E-state index < -0.39 is 0 Å². The molecule has 0 aliphatic carbocycles. The molecule has 0 atom stereocenters. The summed E-state index contributed by atoms with van der Waals surface area (Å²) in [5.41, 5.74) is 1.33. The number of anilines is 1. The van der Waals surface area contributed by atoms with Crippen molar-refractivity contribution < 1.29 is 0 Å². The lowest BCUT2D eigenvalue weighted by Crippen LogP contribution is -2.24. The fraction of sp³-hybridized carbons (Fsp3) is 0.500.